The third-order valence-electron chi connectivity index (χ3n) is 10.4. The minimum atomic E-state index is -0.324. The van der Waals surface area contributed by atoms with Gasteiger partial charge in [0.25, 0.3) is 22.2 Å². The van der Waals surface area contributed by atoms with Gasteiger partial charge in [-0.1, -0.05) is 102 Å². The highest BCUT2D eigenvalue weighted by Crippen LogP contribution is 2.47. The minimum Gasteiger partial charge on any atom is -0.274 e. The Morgan fingerprint density at radius 2 is 0.654 bits per heavy atom. The van der Waals surface area contributed by atoms with Crippen LogP contribution >= 0.6 is 45.3 Å². The highest BCUT2D eigenvalue weighted by molar-refractivity contribution is 7.38. The number of unbranched alkanes of at least 4 members (excludes halogenated alkanes) is 10. The lowest BCUT2D eigenvalue weighted by Gasteiger charge is -2.19. The van der Waals surface area contributed by atoms with Crippen molar-refractivity contribution in [3.63, 3.8) is 0 Å². The van der Waals surface area contributed by atoms with Crippen molar-refractivity contribution in [1.82, 2.24) is 9.13 Å². The van der Waals surface area contributed by atoms with Crippen molar-refractivity contribution in [1.29, 1.82) is 0 Å². The second kappa shape index (κ2) is 15.0. The molecule has 8 rings (SSSR count). The van der Waals surface area contributed by atoms with E-state index in [-0.39, 0.29) is 22.2 Å². The van der Waals surface area contributed by atoms with Gasteiger partial charge in [0, 0.05) is 42.7 Å². The first-order chi connectivity index (χ1) is 25.4. The van der Waals surface area contributed by atoms with Crippen LogP contribution in [0.4, 0.5) is 0 Å². The van der Waals surface area contributed by atoms with Crippen LogP contribution in [0.1, 0.15) is 90.9 Å². The zero-order chi connectivity index (χ0) is 35.9. The first-order valence-electron chi connectivity index (χ1n) is 18.8. The smallest absolute Gasteiger partial charge is 0.262 e. The maximum absolute atomic E-state index is 14.8. The molecule has 0 aliphatic heterocycles. The summed E-state index contributed by atoms with van der Waals surface area (Å²) in [6.07, 6.45) is 12.5. The van der Waals surface area contributed by atoms with Crippen LogP contribution in [0.3, 0.4) is 0 Å². The van der Waals surface area contributed by atoms with Gasteiger partial charge in [-0.25, -0.2) is 0 Å². The van der Waals surface area contributed by atoms with Crippen LogP contribution in [-0.4, -0.2) is 9.13 Å². The molecule has 10 heteroatoms. The van der Waals surface area contributed by atoms with Gasteiger partial charge in [0.05, 0.1) is 40.3 Å². The Kier molecular flexibility index (Phi) is 10.2. The van der Waals surface area contributed by atoms with Crippen molar-refractivity contribution in [3.05, 3.63) is 89.9 Å². The molecule has 52 heavy (non-hydrogen) atoms. The van der Waals surface area contributed by atoms with E-state index >= 15 is 0 Å². The molecule has 0 saturated heterocycles. The summed E-state index contributed by atoms with van der Waals surface area (Å²) in [4.78, 5) is 59.3. The van der Waals surface area contributed by atoms with E-state index in [2.05, 4.69) is 13.8 Å². The average Bonchev–Trinajstić information content (AvgIpc) is 3.15. The van der Waals surface area contributed by atoms with Crippen LogP contribution in [0, 0.1) is 0 Å². The predicted octanol–water partition coefficient (Wildman–Crippen LogP) is 11.8. The molecule has 0 bridgehead atoms. The quantitative estimate of drug-likeness (QED) is 0.0627. The SMILES string of the molecule is CCCCCCCCn1c(=O)c2c3sc4ccccc4sc3c3c(=O)n(CCCCCCCC)c(=O)c4c5sc6ccccc6sc5c(c1=O)c2c34. The van der Waals surface area contributed by atoms with Crippen molar-refractivity contribution in [2.24, 2.45) is 0 Å². The summed E-state index contributed by atoms with van der Waals surface area (Å²) in [6, 6.07) is 16.1. The summed E-state index contributed by atoms with van der Waals surface area (Å²) in [7, 11) is 0. The number of pyridine rings is 2. The third kappa shape index (κ3) is 5.96. The molecule has 4 aromatic heterocycles. The van der Waals surface area contributed by atoms with Gasteiger partial charge in [0.15, 0.2) is 0 Å². The summed E-state index contributed by atoms with van der Waals surface area (Å²) in [5.41, 5.74) is -1.29. The molecule has 0 saturated carbocycles. The fourth-order valence-electron chi connectivity index (χ4n) is 7.77. The zero-order valence-electron chi connectivity index (χ0n) is 29.7. The summed E-state index contributed by atoms with van der Waals surface area (Å²) >= 11 is 6.03. The lowest BCUT2D eigenvalue weighted by atomic mass is 9.96. The standard InChI is InChI=1S/C42H42N2O4S4/c1-3-5-7-9-11-17-23-43-39(45)31-29-30-33(37-35(31)49-25-19-13-15-21-27(25)51-37)41(47)44(24-18-12-10-8-6-4-2)42(48)34(30)38-36(32(29)40(43)46)50-26-20-14-16-22-28(26)52-38/h13-16,19-22H,3-12,17-18,23-24H2,1-2H3. The Morgan fingerprint density at radius 3 is 0.942 bits per heavy atom. The molecule has 0 spiro atoms. The Labute approximate surface area is 316 Å². The molecule has 4 aromatic carbocycles. The highest BCUT2D eigenvalue weighted by atomic mass is 32.1. The number of aromatic nitrogens is 2. The molecule has 268 valence electrons. The topological polar surface area (TPSA) is 78.1 Å². The Balaban J connectivity index is 1.52. The first kappa shape index (κ1) is 35.3. The second-order valence-corrected chi connectivity index (χ2v) is 18.1. The summed E-state index contributed by atoms with van der Waals surface area (Å²) < 4.78 is 9.84. The molecule has 0 atom stereocenters. The zero-order valence-corrected chi connectivity index (χ0v) is 32.9. The van der Waals surface area contributed by atoms with Crippen molar-refractivity contribution in [2.45, 2.75) is 104 Å². The van der Waals surface area contributed by atoms with Crippen molar-refractivity contribution in [2.75, 3.05) is 0 Å². The maximum atomic E-state index is 14.8. The van der Waals surface area contributed by atoms with E-state index < -0.39 is 0 Å². The average molecular weight is 767 g/mol. The van der Waals surface area contributed by atoms with Gasteiger partial charge in [-0.05, 0) is 37.1 Å². The van der Waals surface area contributed by atoms with Crippen LogP contribution in [-0.2, 0) is 13.1 Å². The Hall–Kier alpha value is -3.70. The molecule has 0 unspecified atom stereocenters. The molecule has 0 fully saturated rings. The van der Waals surface area contributed by atoms with Gasteiger partial charge >= 0.3 is 0 Å². The van der Waals surface area contributed by atoms with Crippen LogP contribution in [0.5, 0.6) is 0 Å². The second-order valence-electron chi connectivity index (χ2n) is 13.9. The third-order valence-corrected chi connectivity index (χ3v) is 15.7. The summed E-state index contributed by atoms with van der Waals surface area (Å²) in [6.45, 7) is 5.06. The Bertz CT molecular complexity index is 2520. The van der Waals surface area contributed by atoms with E-state index in [9.17, 15) is 19.2 Å². The lowest BCUT2D eigenvalue weighted by Crippen LogP contribution is -2.36. The van der Waals surface area contributed by atoms with Crippen molar-refractivity contribution in [3.8, 4) is 0 Å². The number of hydrogen-bond acceptors (Lipinski definition) is 8. The highest BCUT2D eigenvalue weighted by Gasteiger charge is 2.29. The van der Waals surface area contributed by atoms with Crippen LogP contribution in [0.15, 0.2) is 67.7 Å². The van der Waals surface area contributed by atoms with E-state index in [0.29, 0.717) is 45.4 Å². The Morgan fingerprint density at radius 1 is 0.385 bits per heavy atom. The summed E-state index contributed by atoms with van der Waals surface area (Å²) in [5, 5.41) is 2.80. The first-order valence-corrected chi connectivity index (χ1v) is 22.1. The van der Waals surface area contributed by atoms with Crippen molar-refractivity contribution >= 4 is 115 Å². The number of fused-ring (bicyclic) bond motifs is 8. The molecule has 8 aromatic rings. The number of benzene rings is 4. The van der Waals surface area contributed by atoms with Crippen LogP contribution < -0.4 is 22.2 Å². The molecule has 0 aliphatic carbocycles. The number of hydrogen-bond donors (Lipinski definition) is 0. The van der Waals surface area contributed by atoms with Gasteiger partial charge in [0.1, 0.15) is 0 Å². The normalized spacial score (nSPS) is 12.3. The van der Waals surface area contributed by atoms with Gasteiger partial charge in [0.2, 0.25) is 0 Å². The van der Waals surface area contributed by atoms with Gasteiger partial charge in [-0.3, -0.25) is 28.3 Å². The monoisotopic (exact) mass is 766 g/mol. The van der Waals surface area contributed by atoms with E-state index in [0.717, 1.165) is 102 Å². The minimum absolute atomic E-state index is 0.324. The van der Waals surface area contributed by atoms with E-state index in [1.165, 1.54) is 67.3 Å². The van der Waals surface area contributed by atoms with Crippen LogP contribution in [0.25, 0.3) is 69.9 Å². The van der Waals surface area contributed by atoms with Gasteiger partial charge in [-0.15, -0.1) is 45.3 Å². The number of rotatable bonds is 14. The molecule has 0 amide bonds. The molecular formula is C42H42N2O4S4. The largest absolute Gasteiger partial charge is 0.274 e. The molecule has 0 radical (unpaired) electrons. The molecule has 0 aliphatic rings. The van der Waals surface area contributed by atoms with Crippen LogP contribution in [0.2, 0.25) is 0 Å². The maximum Gasteiger partial charge on any atom is 0.262 e. The lowest BCUT2D eigenvalue weighted by molar-refractivity contribution is 0.545. The predicted molar refractivity (Wildman–Crippen MR) is 228 cm³/mol. The summed E-state index contributed by atoms with van der Waals surface area (Å²) in [5.74, 6) is 0. The fourth-order valence-corrected chi connectivity index (χ4v) is 12.9. The molecule has 0 N–H and O–H groups in total. The van der Waals surface area contributed by atoms with Gasteiger partial charge in [-0.2, -0.15) is 0 Å². The number of nitrogens with zero attached hydrogens (tertiary/aromatic N) is 2. The molecule has 6 nitrogen and oxygen atoms in total. The van der Waals surface area contributed by atoms with E-state index in [1.807, 2.05) is 48.5 Å². The fraction of sp³-hybridized carbons (Fsp3) is 0.381. The van der Waals surface area contributed by atoms with E-state index in [4.69, 9.17) is 0 Å². The molecular weight excluding hydrogens is 725 g/mol. The van der Waals surface area contributed by atoms with E-state index in [1.54, 1.807) is 0 Å². The van der Waals surface area contributed by atoms with Gasteiger partial charge < -0.3 is 0 Å². The van der Waals surface area contributed by atoms with Crippen molar-refractivity contribution < 1.29 is 0 Å². The molecule has 4 heterocycles.